The molecule has 0 spiro atoms. The third kappa shape index (κ3) is 6.64. The average Bonchev–Trinajstić information content (AvgIpc) is 2.24. The maximum Gasteiger partial charge on any atom is 0.326 e. The van der Waals surface area contributed by atoms with E-state index in [2.05, 4.69) is 5.32 Å². The van der Waals surface area contributed by atoms with Gasteiger partial charge in [-0.2, -0.15) is 0 Å². The first kappa shape index (κ1) is 16.4. The van der Waals surface area contributed by atoms with E-state index in [4.69, 9.17) is 9.47 Å². The molecule has 4 heteroatoms. The molecule has 0 saturated carbocycles. The summed E-state index contributed by atoms with van der Waals surface area (Å²) >= 11 is 0. The van der Waals surface area contributed by atoms with E-state index in [-0.39, 0.29) is 12.0 Å². The van der Waals surface area contributed by atoms with Gasteiger partial charge in [-0.05, 0) is 47.0 Å². The molecule has 1 unspecified atom stereocenters. The lowest BCUT2D eigenvalue weighted by molar-refractivity contribution is -0.151. The van der Waals surface area contributed by atoms with E-state index in [1.54, 1.807) is 7.11 Å². The van der Waals surface area contributed by atoms with Gasteiger partial charge in [-0.1, -0.05) is 0 Å². The summed E-state index contributed by atoms with van der Waals surface area (Å²) in [7, 11) is 1.69. The molecule has 0 heterocycles. The Morgan fingerprint density at radius 3 is 2.47 bits per heavy atom. The molecule has 0 amide bonds. The summed E-state index contributed by atoms with van der Waals surface area (Å²) in [6, 6.07) is 0.256. The van der Waals surface area contributed by atoms with Crippen LogP contribution in [0.3, 0.4) is 0 Å². The van der Waals surface area contributed by atoms with Gasteiger partial charge in [0, 0.05) is 19.8 Å². The maximum atomic E-state index is 11.9. The van der Waals surface area contributed by atoms with Gasteiger partial charge in [0.15, 0.2) is 0 Å². The molecule has 102 valence electrons. The number of methoxy groups -OCH3 is 1. The van der Waals surface area contributed by atoms with Crippen LogP contribution in [0, 0.1) is 0 Å². The highest BCUT2D eigenvalue weighted by molar-refractivity contribution is 5.80. The largest absolute Gasteiger partial charge is 0.465 e. The molecule has 0 bridgehead atoms. The van der Waals surface area contributed by atoms with Gasteiger partial charge in [-0.25, -0.2) is 0 Å². The number of unbranched alkanes of at least 4 members (excludes halogenated alkanes) is 1. The number of carbonyl (C=O) groups is 1. The molecular weight excluding hydrogens is 218 g/mol. The van der Waals surface area contributed by atoms with Crippen LogP contribution in [0.1, 0.15) is 47.0 Å². The van der Waals surface area contributed by atoms with E-state index >= 15 is 0 Å². The third-order valence-electron chi connectivity index (χ3n) is 2.61. The molecule has 4 nitrogen and oxygen atoms in total. The van der Waals surface area contributed by atoms with E-state index in [1.165, 1.54) is 0 Å². The second-order valence-electron chi connectivity index (χ2n) is 4.80. The molecule has 0 aromatic heterocycles. The van der Waals surface area contributed by atoms with Crippen molar-refractivity contribution in [3.63, 3.8) is 0 Å². The summed E-state index contributed by atoms with van der Waals surface area (Å²) in [6.45, 7) is 8.97. The molecule has 1 atom stereocenters. The third-order valence-corrected chi connectivity index (χ3v) is 2.61. The second-order valence-corrected chi connectivity index (χ2v) is 4.80. The number of carbonyl (C=O) groups excluding carboxylic acids is 1. The zero-order chi connectivity index (χ0) is 13.3. The number of esters is 1. The van der Waals surface area contributed by atoms with Gasteiger partial charge in [0.1, 0.15) is 5.54 Å². The Morgan fingerprint density at radius 1 is 1.35 bits per heavy atom. The van der Waals surface area contributed by atoms with Crippen molar-refractivity contribution in [3.8, 4) is 0 Å². The molecule has 0 rings (SSSR count). The van der Waals surface area contributed by atoms with Gasteiger partial charge >= 0.3 is 5.97 Å². The Hall–Kier alpha value is -0.610. The normalized spacial score (nSPS) is 14.7. The van der Waals surface area contributed by atoms with E-state index in [0.29, 0.717) is 6.61 Å². The Balaban J connectivity index is 4.33. The highest BCUT2D eigenvalue weighted by atomic mass is 16.5. The van der Waals surface area contributed by atoms with Crippen LogP contribution in [0.2, 0.25) is 0 Å². The van der Waals surface area contributed by atoms with Crippen molar-refractivity contribution in [2.75, 3.05) is 20.3 Å². The molecule has 0 radical (unpaired) electrons. The molecule has 1 N–H and O–H groups in total. The van der Waals surface area contributed by atoms with Gasteiger partial charge in [-0.3, -0.25) is 10.1 Å². The predicted molar refractivity (Wildman–Crippen MR) is 69.0 cm³/mol. The minimum absolute atomic E-state index is 0.161. The van der Waals surface area contributed by atoms with Crippen molar-refractivity contribution in [1.82, 2.24) is 5.32 Å². The summed E-state index contributed by atoms with van der Waals surface area (Å²) in [6.07, 6.45) is 2.68. The molecule has 0 aromatic carbocycles. The minimum Gasteiger partial charge on any atom is -0.465 e. The minimum atomic E-state index is -0.585. The van der Waals surface area contributed by atoms with Gasteiger partial charge in [0.2, 0.25) is 0 Å². The van der Waals surface area contributed by atoms with Crippen molar-refractivity contribution in [1.29, 1.82) is 0 Å². The molecule has 0 aliphatic heterocycles. The monoisotopic (exact) mass is 245 g/mol. The standard InChI is InChI=1S/C13H27NO3/c1-6-17-12(15)13(4,14-11(2)3)9-7-8-10-16-5/h11,14H,6-10H2,1-5H3. The highest BCUT2D eigenvalue weighted by Crippen LogP contribution is 2.17. The number of hydrogen-bond donors (Lipinski definition) is 1. The molecule has 0 aromatic rings. The Kier molecular flexibility index (Phi) is 8.17. The van der Waals surface area contributed by atoms with Crippen molar-refractivity contribution >= 4 is 5.97 Å². The highest BCUT2D eigenvalue weighted by Gasteiger charge is 2.34. The molecule has 0 aliphatic carbocycles. The molecule has 0 aliphatic rings. The quantitative estimate of drug-likeness (QED) is 0.499. The van der Waals surface area contributed by atoms with Crippen LogP contribution in [0.4, 0.5) is 0 Å². The summed E-state index contributed by atoms with van der Waals surface area (Å²) < 4.78 is 10.1. The Labute approximate surface area is 105 Å². The van der Waals surface area contributed by atoms with Crippen LogP contribution in [0.25, 0.3) is 0 Å². The fourth-order valence-corrected chi connectivity index (χ4v) is 1.89. The summed E-state index contributed by atoms with van der Waals surface area (Å²) in [5.74, 6) is -0.161. The van der Waals surface area contributed by atoms with Gasteiger partial charge in [0.25, 0.3) is 0 Å². The maximum absolute atomic E-state index is 11.9. The first-order chi connectivity index (χ1) is 7.96. The van der Waals surface area contributed by atoms with Crippen molar-refractivity contribution in [2.24, 2.45) is 0 Å². The van der Waals surface area contributed by atoms with Crippen molar-refractivity contribution in [3.05, 3.63) is 0 Å². The average molecular weight is 245 g/mol. The fraction of sp³-hybridized carbons (Fsp3) is 0.923. The van der Waals surface area contributed by atoms with Crippen LogP contribution in [0.5, 0.6) is 0 Å². The van der Waals surface area contributed by atoms with Crippen LogP contribution in [0.15, 0.2) is 0 Å². The van der Waals surface area contributed by atoms with Gasteiger partial charge < -0.3 is 9.47 Å². The van der Waals surface area contributed by atoms with Crippen LogP contribution in [-0.4, -0.2) is 37.9 Å². The number of hydrogen-bond acceptors (Lipinski definition) is 4. The van der Waals surface area contributed by atoms with E-state index < -0.39 is 5.54 Å². The van der Waals surface area contributed by atoms with Gasteiger partial charge in [-0.15, -0.1) is 0 Å². The first-order valence-electron chi connectivity index (χ1n) is 6.40. The van der Waals surface area contributed by atoms with E-state index in [0.717, 1.165) is 25.9 Å². The molecule has 0 saturated heterocycles. The number of ether oxygens (including phenoxy) is 2. The van der Waals surface area contributed by atoms with Crippen LogP contribution in [-0.2, 0) is 14.3 Å². The fourth-order valence-electron chi connectivity index (χ4n) is 1.89. The molecule has 17 heavy (non-hydrogen) atoms. The van der Waals surface area contributed by atoms with Gasteiger partial charge in [0.05, 0.1) is 6.61 Å². The van der Waals surface area contributed by atoms with Crippen molar-refractivity contribution < 1.29 is 14.3 Å². The van der Waals surface area contributed by atoms with Crippen molar-refractivity contribution in [2.45, 2.75) is 58.5 Å². The first-order valence-corrected chi connectivity index (χ1v) is 6.40. The van der Waals surface area contributed by atoms with Crippen LogP contribution >= 0.6 is 0 Å². The topological polar surface area (TPSA) is 47.6 Å². The van der Waals surface area contributed by atoms with E-state index in [1.807, 2.05) is 27.7 Å². The predicted octanol–water partition coefficient (Wildman–Crippen LogP) is 2.12. The summed E-state index contributed by atoms with van der Waals surface area (Å²) in [5.41, 5.74) is -0.585. The lowest BCUT2D eigenvalue weighted by atomic mass is 9.94. The Bertz CT molecular complexity index is 219. The Morgan fingerprint density at radius 2 is 2.00 bits per heavy atom. The van der Waals surface area contributed by atoms with E-state index in [9.17, 15) is 4.79 Å². The molecule has 0 fully saturated rings. The summed E-state index contributed by atoms with van der Waals surface area (Å²) in [5, 5.41) is 3.30. The SMILES string of the molecule is CCOC(=O)C(C)(CCCCOC)NC(C)C. The zero-order valence-corrected chi connectivity index (χ0v) is 11.8. The number of nitrogens with one attached hydrogen (secondary N) is 1. The summed E-state index contributed by atoms with van der Waals surface area (Å²) in [4.78, 5) is 11.9. The lowest BCUT2D eigenvalue weighted by Gasteiger charge is -2.30. The van der Waals surface area contributed by atoms with Crippen LogP contribution < -0.4 is 5.32 Å². The molecular formula is C13H27NO3. The smallest absolute Gasteiger partial charge is 0.326 e. The number of rotatable bonds is 9. The lowest BCUT2D eigenvalue weighted by Crippen LogP contribution is -2.53. The zero-order valence-electron chi connectivity index (χ0n) is 11.8. The second kappa shape index (κ2) is 8.48.